The molecule has 1 atom stereocenters. The van der Waals surface area contributed by atoms with Crippen molar-refractivity contribution >= 4 is 5.91 Å². The van der Waals surface area contributed by atoms with E-state index in [2.05, 4.69) is 22.0 Å². The van der Waals surface area contributed by atoms with Crippen LogP contribution in [0.1, 0.15) is 45.4 Å². The molecule has 2 rings (SSSR count). The van der Waals surface area contributed by atoms with E-state index in [-0.39, 0.29) is 0 Å². The molecule has 0 bridgehead atoms. The van der Waals surface area contributed by atoms with E-state index in [1.807, 2.05) is 7.05 Å². The Bertz CT molecular complexity index is 300. The Hall–Kier alpha value is -0.610. The average molecular weight is 281 g/mol. The molecule has 2 aliphatic heterocycles. The molecule has 0 aromatic carbocycles. The molecule has 0 aliphatic carbocycles. The van der Waals surface area contributed by atoms with Gasteiger partial charge in [-0.25, -0.2) is 0 Å². The maximum Gasteiger partial charge on any atom is 0.236 e. The van der Waals surface area contributed by atoms with E-state index >= 15 is 0 Å². The number of rotatable bonds is 5. The van der Waals surface area contributed by atoms with Crippen molar-refractivity contribution in [1.82, 2.24) is 15.1 Å². The zero-order valence-electron chi connectivity index (χ0n) is 13.2. The van der Waals surface area contributed by atoms with Crippen LogP contribution in [-0.2, 0) is 4.79 Å². The zero-order valence-corrected chi connectivity index (χ0v) is 13.2. The highest BCUT2D eigenvalue weighted by molar-refractivity contribution is 5.78. The highest BCUT2D eigenvalue weighted by atomic mass is 16.2. The molecule has 0 radical (unpaired) electrons. The second-order valence-corrected chi connectivity index (χ2v) is 6.54. The number of hydrogen-bond donors (Lipinski definition) is 1. The minimum Gasteiger partial charge on any atom is -0.339 e. The van der Waals surface area contributed by atoms with Crippen molar-refractivity contribution in [2.24, 2.45) is 5.92 Å². The molecule has 0 saturated carbocycles. The van der Waals surface area contributed by atoms with Gasteiger partial charge in [0.1, 0.15) is 0 Å². The molecule has 4 heteroatoms. The summed E-state index contributed by atoms with van der Waals surface area (Å²) < 4.78 is 0. The van der Waals surface area contributed by atoms with Gasteiger partial charge in [0.2, 0.25) is 5.91 Å². The largest absolute Gasteiger partial charge is 0.339 e. The summed E-state index contributed by atoms with van der Waals surface area (Å²) >= 11 is 0. The van der Waals surface area contributed by atoms with Crippen molar-refractivity contribution < 1.29 is 4.79 Å². The quantitative estimate of drug-likeness (QED) is 0.833. The molecule has 1 N–H and O–H groups in total. The summed E-state index contributed by atoms with van der Waals surface area (Å²) in [6.45, 7) is 7.13. The lowest BCUT2D eigenvalue weighted by molar-refractivity contribution is -0.136. The van der Waals surface area contributed by atoms with E-state index in [4.69, 9.17) is 0 Å². The van der Waals surface area contributed by atoms with Crippen LogP contribution >= 0.6 is 0 Å². The third-order valence-corrected chi connectivity index (χ3v) is 4.99. The van der Waals surface area contributed by atoms with Gasteiger partial charge in [-0.1, -0.05) is 0 Å². The van der Waals surface area contributed by atoms with Crippen LogP contribution in [0.3, 0.4) is 0 Å². The van der Waals surface area contributed by atoms with Gasteiger partial charge < -0.3 is 10.2 Å². The number of hydrogen-bond acceptors (Lipinski definition) is 3. The third kappa shape index (κ3) is 4.45. The summed E-state index contributed by atoms with van der Waals surface area (Å²) in [7, 11) is 2.02. The summed E-state index contributed by atoms with van der Waals surface area (Å²) in [6.07, 6.45) is 7.43. The van der Waals surface area contributed by atoms with Gasteiger partial charge in [0.15, 0.2) is 0 Å². The molecule has 0 aromatic heterocycles. The topological polar surface area (TPSA) is 35.6 Å². The normalized spacial score (nSPS) is 25.9. The summed E-state index contributed by atoms with van der Waals surface area (Å²) in [5.41, 5.74) is 0. The second-order valence-electron chi connectivity index (χ2n) is 6.54. The maximum atomic E-state index is 12.4. The highest BCUT2D eigenvalue weighted by Crippen LogP contribution is 2.21. The fraction of sp³-hybridized carbons (Fsp3) is 0.938. The Morgan fingerprint density at radius 2 is 1.90 bits per heavy atom. The summed E-state index contributed by atoms with van der Waals surface area (Å²) in [5.74, 6) is 1.20. The van der Waals surface area contributed by atoms with E-state index in [0.29, 0.717) is 18.5 Å². The molecule has 4 nitrogen and oxygen atoms in total. The molecule has 116 valence electrons. The van der Waals surface area contributed by atoms with Crippen molar-refractivity contribution in [2.75, 3.05) is 39.8 Å². The van der Waals surface area contributed by atoms with Crippen molar-refractivity contribution in [3.8, 4) is 0 Å². The predicted octanol–water partition coefficient (Wildman–Crippen LogP) is 1.71. The van der Waals surface area contributed by atoms with Crippen LogP contribution in [0.5, 0.6) is 0 Å². The molecule has 20 heavy (non-hydrogen) atoms. The van der Waals surface area contributed by atoms with E-state index in [1.54, 1.807) is 0 Å². The summed E-state index contributed by atoms with van der Waals surface area (Å²) in [5, 5.41) is 3.23. The van der Waals surface area contributed by atoms with Gasteiger partial charge in [-0.3, -0.25) is 9.69 Å². The molecule has 1 unspecified atom stereocenters. The van der Waals surface area contributed by atoms with Gasteiger partial charge in [0.05, 0.1) is 6.54 Å². The minimum atomic E-state index is 0.353. The standard InChI is InChI=1S/C16H31N3O/c1-14-5-3-4-10-19(14)16(20)13-18-11-7-15(8-12-18)6-9-17-2/h14-15,17H,3-13H2,1-2H3. The first-order valence-corrected chi connectivity index (χ1v) is 8.37. The van der Waals surface area contributed by atoms with Crippen LogP contribution in [0, 0.1) is 5.92 Å². The Kier molecular flexibility index (Phi) is 6.30. The molecular formula is C16H31N3O. The lowest BCUT2D eigenvalue weighted by atomic mass is 9.93. The molecule has 2 fully saturated rings. The number of likely N-dealkylation sites (tertiary alicyclic amines) is 2. The van der Waals surface area contributed by atoms with E-state index in [0.717, 1.165) is 32.1 Å². The predicted molar refractivity (Wildman–Crippen MR) is 82.7 cm³/mol. The first kappa shape index (κ1) is 15.8. The van der Waals surface area contributed by atoms with E-state index in [9.17, 15) is 4.79 Å². The second kappa shape index (κ2) is 7.99. The number of carbonyl (C=O) groups is 1. The maximum absolute atomic E-state index is 12.4. The van der Waals surface area contributed by atoms with Crippen molar-refractivity contribution in [2.45, 2.75) is 51.5 Å². The van der Waals surface area contributed by atoms with Crippen LogP contribution in [0.25, 0.3) is 0 Å². The van der Waals surface area contributed by atoms with Gasteiger partial charge >= 0.3 is 0 Å². The van der Waals surface area contributed by atoms with Crippen molar-refractivity contribution in [1.29, 1.82) is 0 Å². The molecule has 0 spiro atoms. The van der Waals surface area contributed by atoms with Gasteiger partial charge in [-0.05, 0) is 78.0 Å². The molecule has 0 aromatic rings. The van der Waals surface area contributed by atoms with Crippen LogP contribution in [0.2, 0.25) is 0 Å². The molecular weight excluding hydrogens is 250 g/mol. The fourth-order valence-corrected chi connectivity index (χ4v) is 3.53. The monoisotopic (exact) mass is 281 g/mol. The number of nitrogens with zero attached hydrogens (tertiary/aromatic N) is 2. The van der Waals surface area contributed by atoms with Crippen molar-refractivity contribution in [3.63, 3.8) is 0 Å². The SMILES string of the molecule is CNCCC1CCN(CC(=O)N2CCCCC2C)CC1. The van der Waals surface area contributed by atoms with Crippen molar-refractivity contribution in [3.05, 3.63) is 0 Å². The summed E-state index contributed by atoms with van der Waals surface area (Å²) in [6, 6.07) is 0.449. The van der Waals surface area contributed by atoms with Gasteiger partial charge in [-0.15, -0.1) is 0 Å². The molecule has 2 heterocycles. The van der Waals surface area contributed by atoms with E-state index in [1.165, 1.54) is 38.5 Å². The Morgan fingerprint density at radius 3 is 2.55 bits per heavy atom. The number of amides is 1. The lowest BCUT2D eigenvalue weighted by Crippen LogP contribution is -2.48. The Labute approximate surface area is 123 Å². The smallest absolute Gasteiger partial charge is 0.236 e. The average Bonchev–Trinajstić information content (AvgIpc) is 2.47. The van der Waals surface area contributed by atoms with Crippen LogP contribution in [0.4, 0.5) is 0 Å². The minimum absolute atomic E-state index is 0.353. The summed E-state index contributed by atoms with van der Waals surface area (Å²) in [4.78, 5) is 16.9. The molecule has 2 saturated heterocycles. The van der Waals surface area contributed by atoms with Crippen LogP contribution in [0.15, 0.2) is 0 Å². The van der Waals surface area contributed by atoms with Crippen LogP contribution < -0.4 is 5.32 Å². The number of piperidine rings is 2. The Balaban J connectivity index is 1.70. The third-order valence-electron chi connectivity index (χ3n) is 4.99. The first-order chi connectivity index (χ1) is 9.70. The lowest BCUT2D eigenvalue weighted by Gasteiger charge is -2.37. The molecule has 2 aliphatic rings. The van der Waals surface area contributed by atoms with Gasteiger partial charge in [0.25, 0.3) is 0 Å². The van der Waals surface area contributed by atoms with Gasteiger partial charge in [0, 0.05) is 12.6 Å². The fourth-order valence-electron chi connectivity index (χ4n) is 3.53. The Morgan fingerprint density at radius 1 is 1.15 bits per heavy atom. The number of carbonyl (C=O) groups excluding carboxylic acids is 1. The van der Waals surface area contributed by atoms with E-state index < -0.39 is 0 Å². The van der Waals surface area contributed by atoms with Crippen LogP contribution in [-0.4, -0.2) is 61.5 Å². The highest BCUT2D eigenvalue weighted by Gasteiger charge is 2.26. The first-order valence-electron chi connectivity index (χ1n) is 8.37. The van der Waals surface area contributed by atoms with Gasteiger partial charge in [-0.2, -0.15) is 0 Å². The number of nitrogens with one attached hydrogen (secondary N) is 1. The zero-order chi connectivity index (χ0) is 14.4. The molecule has 1 amide bonds.